The van der Waals surface area contributed by atoms with Crippen molar-refractivity contribution in [3.05, 3.63) is 18.2 Å². The summed E-state index contributed by atoms with van der Waals surface area (Å²) in [5.41, 5.74) is 0.725. The van der Waals surface area contributed by atoms with Crippen LogP contribution in [-0.4, -0.2) is 74.3 Å². The zero-order valence-electron chi connectivity index (χ0n) is 15.8. The van der Waals surface area contributed by atoms with Crippen molar-refractivity contribution in [3.8, 4) is 11.5 Å². The van der Waals surface area contributed by atoms with Crippen molar-refractivity contribution in [1.82, 2.24) is 9.80 Å². The van der Waals surface area contributed by atoms with Gasteiger partial charge >= 0.3 is 12.0 Å². The zero-order valence-corrected chi connectivity index (χ0v) is 15.8. The second-order valence-corrected chi connectivity index (χ2v) is 7.07. The summed E-state index contributed by atoms with van der Waals surface area (Å²) in [4.78, 5) is 41.9. The number of hydrogen-bond acceptors (Lipinski definition) is 6. The molecule has 3 aliphatic rings. The fraction of sp³-hybridized carbons (Fsp3) is 0.526. The SMILES string of the molecule is COC(=O)C1CCN(C(=O)CN2CCN(c3ccc4c(c3)OCO4)C2=O)CC1. The van der Waals surface area contributed by atoms with Gasteiger partial charge in [0.25, 0.3) is 0 Å². The first-order chi connectivity index (χ1) is 13.6. The first-order valence-corrected chi connectivity index (χ1v) is 9.38. The van der Waals surface area contributed by atoms with Gasteiger partial charge in [-0.1, -0.05) is 0 Å². The molecule has 0 atom stereocenters. The Bertz CT molecular complexity index is 790. The van der Waals surface area contributed by atoms with Crippen LogP contribution in [-0.2, 0) is 14.3 Å². The molecule has 28 heavy (non-hydrogen) atoms. The van der Waals surface area contributed by atoms with Crippen molar-refractivity contribution >= 4 is 23.6 Å². The molecule has 0 N–H and O–H groups in total. The van der Waals surface area contributed by atoms with Crippen molar-refractivity contribution < 1.29 is 28.6 Å². The summed E-state index contributed by atoms with van der Waals surface area (Å²) in [5, 5.41) is 0. The van der Waals surface area contributed by atoms with Gasteiger partial charge in [-0.15, -0.1) is 0 Å². The summed E-state index contributed by atoms with van der Waals surface area (Å²) in [7, 11) is 1.38. The summed E-state index contributed by atoms with van der Waals surface area (Å²) in [6.07, 6.45) is 1.19. The minimum atomic E-state index is -0.221. The number of benzene rings is 1. The molecule has 3 amide bonds. The van der Waals surface area contributed by atoms with Crippen LogP contribution in [0.1, 0.15) is 12.8 Å². The lowest BCUT2D eigenvalue weighted by Crippen LogP contribution is -2.46. The molecule has 3 heterocycles. The maximum Gasteiger partial charge on any atom is 0.325 e. The van der Waals surface area contributed by atoms with E-state index < -0.39 is 0 Å². The maximum absolute atomic E-state index is 12.8. The molecule has 0 aromatic heterocycles. The highest BCUT2D eigenvalue weighted by Gasteiger charge is 2.34. The Kier molecular flexibility index (Phi) is 4.97. The number of ether oxygens (including phenoxy) is 3. The molecule has 0 saturated carbocycles. The summed E-state index contributed by atoms with van der Waals surface area (Å²) in [6.45, 7) is 2.23. The van der Waals surface area contributed by atoms with Crippen molar-refractivity contribution in [1.29, 1.82) is 0 Å². The number of hydrogen-bond donors (Lipinski definition) is 0. The fourth-order valence-corrected chi connectivity index (χ4v) is 3.82. The fourth-order valence-electron chi connectivity index (χ4n) is 3.82. The molecule has 150 valence electrons. The Morgan fingerprint density at radius 3 is 2.61 bits per heavy atom. The second-order valence-electron chi connectivity index (χ2n) is 7.07. The van der Waals surface area contributed by atoms with Crippen LogP contribution in [0.15, 0.2) is 18.2 Å². The minimum Gasteiger partial charge on any atom is -0.469 e. The van der Waals surface area contributed by atoms with E-state index in [1.165, 1.54) is 7.11 Å². The summed E-state index contributed by atoms with van der Waals surface area (Å²) < 4.78 is 15.4. The van der Waals surface area contributed by atoms with Crippen LogP contribution >= 0.6 is 0 Å². The van der Waals surface area contributed by atoms with Crippen molar-refractivity contribution in [2.45, 2.75) is 12.8 Å². The Hall–Kier alpha value is -2.97. The Labute approximate surface area is 162 Å². The molecule has 0 radical (unpaired) electrons. The molecule has 4 rings (SSSR count). The molecule has 0 unspecified atom stereocenters. The van der Waals surface area contributed by atoms with E-state index in [0.29, 0.717) is 50.5 Å². The third kappa shape index (κ3) is 3.44. The van der Waals surface area contributed by atoms with E-state index >= 15 is 0 Å². The number of anilines is 1. The zero-order chi connectivity index (χ0) is 19.7. The predicted molar refractivity (Wildman–Crippen MR) is 98.2 cm³/mol. The van der Waals surface area contributed by atoms with Gasteiger partial charge in [-0.3, -0.25) is 14.5 Å². The highest BCUT2D eigenvalue weighted by Crippen LogP contribution is 2.36. The average Bonchev–Trinajstić information content (AvgIpc) is 3.33. The van der Waals surface area contributed by atoms with Crippen molar-refractivity contribution in [3.63, 3.8) is 0 Å². The molecule has 2 saturated heterocycles. The van der Waals surface area contributed by atoms with Gasteiger partial charge in [0.1, 0.15) is 6.54 Å². The van der Waals surface area contributed by atoms with Crippen molar-refractivity contribution in [2.24, 2.45) is 5.92 Å². The summed E-state index contributed by atoms with van der Waals surface area (Å²) >= 11 is 0. The van der Waals surface area contributed by atoms with Crippen LogP contribution in [0, 0.1) is 5.92 Å². The lowest BCUT2D eigenvalue weighted by Gasteiger charge is -2.31. The van der Waals surface area contributed by atoms with Gasteiger partial charge < -0.3 is 24.0 Å². The van der Waals surface area contributed by atoms with Crippen molar-refractivity contribution in [2.75, 3.05) is 51.5 Å². The first kappa shape index (κ1) is 18.4. The van der Waals surface area contributed by atoms with Gasteiger partial charge in [0.05, 0.1) is 13.0 Å². The molecule has 1 aromatic carbocycles. The number of carbonyl (C=O) groups excluding carboxylic acids is 3. The maximum atomic E-state index is 12.8. The van der Waals surface area contributed by atoms with Gasteiger partial charge in [0.2, 0.25) is 12.7 Å². The Morgan fingerprint density at radius 2 is 1.86 bits per heavy atom. The number of piperidine rings is 1. The molecule has 3 aliphatic heterocycles. The molecule has 9 nitrogen and oxygen atoms in total. The first-order valence-electron chi connectivity index (χ1n) is 9.38. The largest absolute Gasteiger partial charge is 0.469 e. The highest BCUT2D eigenvalue weighted by molar-refractivity contribution is 5.96. The third-order valence-electron chi connectivity index (χ3n) is 5.47. The molecule has 1 aromatic rings. The predicted octanol–water partition coefficient (Wildman–Crippen LogP) is 1.07. The van der Waals surface area contributed by atoms with Gasteiger partial charge in [-0.05, 0) is 25.0 Å². The lowest BCUT2D eigenvalue weighted by molar-refractivity contribution is -0.148. The van der Waals surface area contributed by atoms with Gasteiger partial charge in [-0.2, -0.15) is 0 Å². The number of carbonyl (C=O) groups is 3. The Morgan fingerprint density at radius 1 is 1.11 bits per heavy atom. The molecule has 2 fully saturated rings. The molecular weight excluding hydrogens is 366 g/mol. The van der Waals surface area contributed by atoms with E-state index in [1.807, 2.05) is 6.07 Å². The number of methoxy groups -OCH3 is 1. The number of esters is 1. The number of likely N-dealkylation sites (tertiary alicyclic amines) is 1. The molecule has 0 bridgehead atoms. The van der Waals surface area contributed by atoms with E-state index in [0.717, 1.165) is 5.69 Å². The minimum absolute atomic E-state index is 0.0444. The van der Waals surface area contributed by atoms with E-state index in [2.05, 4.69) is 0 Å². The van der Waals surface area contributed by atoms with Gasteiger partial charge in [-0.25, -0.2) is 4.79 Å². The average molecular weight is 389 g/mol. The monoisotopic (exact) mass is 389 g/mol. The van der Waals surface area contributed by atoms with Crippen LogP contribution in [0.25, 0.3) is 0 Å². The van der Waals surface area contributed by atoms with E-state index in [4.69, 9.17) is 14.2 Å². The van der Waals surface area contributed by atoms with Crippen LogP contribution in [0.2, 0.25) is 0 Å². The smallest absolute Gasteiger partial charge is 0.325 e. The molecule has 9 heteroatoms. The normalized spacial score (nSPS) is 19.3. The third-order valence-corrected chi connectivity index (χ3v) is 5.47. The van der Waals surface area contributed by atoms with Crippen LogP contribution < -0.4 is 14.4 Å². The van der Waals surface area contributed by atoms with Crippen LogP contribution in [0.3, 0.4) is 0 Å². The van der Waals surface area contributed by atoms with E-state index in [-0.39, 0.29) is 37.2 Å². The number of urea groups is 1. The summed E-state index contributed by atoms with van der Waals surface area (Å²) in [6, 6.07) is 5.18. The second kappa shape index (κ2) is 7.57. The number of amides is 3. The van der Waals surface area contributed by atoms with Crippen LogP contribution in [0.5, 0.6) is 11.5 Å². The number of fused-ring (bicyclic) bond motifs is 1. The summed E-state index contributed by atoms with van der Waals surface area (Å²) in [5.74, 6) is 0.820. The lowest BCUT2D eigenvalue weighted by atomic mass is 9.97. The van der Waals surface area contributed by atoms with Crippen LogP contribution in [0.4, 0.5) is 10.5 Å². The molecule has 0 spiro atoms. The topological polar surface area (TPSA) is 88.6 Å². The highest BCUT2D eigenvalue weighted by atomic mass is 16.7. The number of nitrogens with zero attached hydrogens (tertiary/aromatic N) is 3. The quantitative estimate of drug-likeness (QED) is 0.716. The van der Waals surface area contributed by atoms with E-state index in [9.17, 15) is 14.4 Å². The van der Waals surface area contributed by atoms with Gasteiger partial charge in [0.15, 0.2) is 11.5 Å². The number of rotatable bonds is 4. The van der Waals surface area contributed by atoms with Gasteiger partial charge in [0, 0.05) is 37.9 Å². The van der Waals surface area contributed by atoms with E-state index in [1.54, 1.807) is 26.8 Å². The standard InChI is InChI=1S/C19H23N3O6/c1-26-18(24)13-4-6-20(7-5-13)17(23)11-21-8-9-22(19(21)25)14-2-3-15-16(10-14)28-12-27-15/h2-3,10,13H,4-9,11-12H2,1H3. The Balaban J connectivity index is 1.33. The molecular formula is C19H23N3O6. The molecule has 0 aliphatic carbocycles.